The zero-order valence-electron chi connectivity index (χ0n) is 13.7. The second-order valence-corrected chi connectivity index (χ2v) is 6.18. The van der Waals surface area contributed by atoms with Crippen molar-refractivity contribution in [3.63, 3.8) is 0 Å². The highest BCUT2D eigenvalue weighted by Crippen LogP contribution is 2.23. The lowest BCUT2D eigenvalue weighted by molar-refractivity contribution is 0.155. The molecular weight excluding hydrogens is 284 g/mol. The van der Waals surface area contributed by atoms with E-state index in [0.717, 1.165) is 17.0 Å². The molecule has 0 atom stereocenters. The van der Waals surface area contributed by atoms with Gasteiger partial charge in [-0.25, -0.2) is 0 Å². The van der Waals surface area contributed by atoms with Gasteiger partial charge in [0.15, 0.2) is 0 Å². The van der Waals surface area contributed by atoms with Crippen molar-refractivity contribution in [3.05, 3.63) is 59.7 Å². The molecule has 0 bridgehead atoms. The maximum Gasteiger partial charge on any atom is 0.119 e. The zero-order chi connectivity index (χ0) is 15.9. The van der Waals surface area contributed by atoms with E-state index in [1.807, 2.05) is 42.6 Å². The first-order valence-electron chi connectivity index (χ1n) is 8.42. The van der Waals surface area contributed by atoms with Crippen molar-refractivity contribution in [2.24, 2.45) is 5.10 Å². The van der Waals surface area contributed by atoms with E-state index < -0.39 is 0 Å². The molecule has 0 spiro atoms. The Kier molecular flexibility index (Phi) is 5.30. The van der Waals surface area contributed by atoms with Gasteiger partial charge in [0.05, 0.1) is 18.0 Å². The van der Waals surface area contributed by atoms with Gasteiger partial charge in [0.1, 0.15) is 5.75 Å². The van der Waals surface area contributed by atoms with Gasteiger partial charge in [0, 0.05) is 0 Å². The van der Waals surface area contributed by atoms with Crippen LogP contribution in [0.1, 0.15) is 43.2 Å². The van der Waals surface area contributed by atoms with Crippen LogP contribution in [0, 0.1) is 6.92 Å². The highest BCUT2D eigenvalue weighted by molar-refractivity contribution is 5.80. The fourth-order valence-corrected chi connectivity index (χ4v) is 2.82. The third-order valence-corrected chi connectivity index (χ3v) is 4.19. The number of ether oxygens (including phenoxy) is 1. The van der Waals surface area contributed by atoms with E-state index in [9.17, 15) is 0 Å². The van der Waals surface area contributed by atoms with E-state index in [2.05, 4.69) is 29.6 Å². The summed E-state index contributed by atoms with van der Waals surface area (Å²) >= 11 is 0. The summed E-state index contributed by atoms with van der Waals surface area (Å²) in [5.74, 6) is 0.959. The Morgan fingerprint density at radius 1 is 0.957 bits per heavy atom. The maximum absolute atomic E-state index is 6.04. The maximum atomic E-state index is 6.04. The summed E-state index contributed by atoms with van der Waals surface area (Å²) in [7, 11) is 0. The Balaban J connectivity index is 1.52. The Labute approximate surface area is 138 Å². The number of hydrogen-bond acceptors (Lipinski definition) is 3. The molecule has 1 aliphatic carbocycles. The number of hydrogen-bond donors (Lipinski definition) is 1. The summed E-state index contributed by atoms with van der Waals surface area (Å²) in [4.78, 5) is 0. The molecule has 1 N–H and O–H groups in total. The van der Waals surface area contributed by atoms with Gasteiger partial charge in [-0.2, -0.15) is 5.10 Å². The van der Waals surface area contributed by atoms with E-state index in [-0.39, 0.29) is 0 Å². The third-order valence-electron chi connectivity index (χ3n) is 4.19. The fraction of sp³-hybridized carbons (Fsp3) is 0.350. The summed E-state index contributed by atoms with van der Waals surface area (Å²) in [6.07, 6.45) is 8.52. The number of anilines is 1. The summed E-state index contributed by atoms with van der Waals surface area (Å²) in [6, 6.07) is 16.3. The van der Waals surface area contributed by atoms with E-state index in [1.165, 1.54) is 37.7 Å². The Morgan fingerprint density at radius 3 is 2.35 bits per heavy atom. The molecule has 1 fully saturated rings. The minimum atomic E-state index is 0.395. The third kappa shape index (κ3) is 4.85. The predicted octanol–water partition coefficient (Wildman–Crippen LogP) is 5.15. The monoisotopic (exact) mass is 308 g/mol. The van der Waals surface area contributed by atoms with Crippen LogP contribution in [0.5, 0.6) is 5.75 Å². The topological polar surface area (TPSA) is 33.6 Å². The van der Waals surface area contributed by atoms with E-state index in [1.54, 1.807) is 0 Å². The van der Waals surface area contributed by atoms with Crippen molar-refractivity contribution >= 4 is 11.9 Å². The second kappa shape index (κ2) is 7.82. The second-order valence-electron chi connectivity index (χ2n) is 6.18. The molecule has 3 nitrogen and oxygen atoms in total. The Bertz CT molecular complexity index is 626. The average molecular weight is 308 g/mol. The molecule has 0 radical (unpaired) electrons. The molecule has 0 amide bonds. The predicted molar refractivity (Wildman–Crippen MR) is 96.3 cm³/mol. The van der Waals surface area contributed by atoms with Crippen molar-refractivity contribution in [1.82, 2.24) is 0 Å². The number of rotatable bonds is 5. The summed E-state index contributed by atoms with van der Waals surface area (Å²) in [5, 5.41) is 4.27. The van der Waals surface area contributed by atoms with Crippen molar-refractivity contribution in [1.29, 1.82) is 0 Å². The Hall–Kier alpha value is -2.29. The first-order chi connectivity index (χ1) is 11.3. The van der Waals surface area contributed by atoms with Crippen LogP contribution in [0.4, 0.5) is 5.69 Å². The van der Waals surface area contributed by atoms with Crippen LogP contribution in [0.2, 0.25) is 0 Å². The van der Waals surface area contributed by atoms with Gasteiger partial charge in [-0.05, 0) is 74.6 Å². The standard InChI is InChI=1S/C20H24N2O/c1-16-7-11-18(12-8-16)22-21-15-17-9-13-20(14-10-17)23-19-5-3-2-4-6-19/h7-15,19,22H,2-6H2,1H3. The first-order valence-corrected chi connectivity index (χ1v) is 8.42. The summed E-state index contributed by atoms with van der Waals surface area (Å²) < 4.78 is 6.04. The molecule has 0 saturated heterocycles. The Morgan fingerprint density at radius 2 is 1.65 bits per heavy atom. The molecule has 1 saturated carbocycles. The van der Waals surface area contributed by atoms with Crippen LogP contribution < -0.4 is 10.2 Å². The molecule has 3 heteroatoms. The summed E-state index contributed by atoms with van der Waals surface area (Å²) in [5.41, 5.74) is 6.33. The van der Waals surface area contributed by atoms with Crippen LogP contribution in [0.3, 0.4) is 0 Å². The van der Waals surface area contributed by atoms with Gasteiger partial charge in [-0.1, -0.05) is 24.1 Å². The van der Waals surface area contributed by atoms with Crippen LogP contribution in [-0.2, 0) is 0 Å². The van der Waals surface area contributed by atoms with E-state index >= 15 is 0 Å². The van der Waals surface area contributed by atoms with Crippen LogP contribution >= 0.6 is 0 Å². The largest absolute Gasteiger partial charge is 0.490 e. The lowest BCUT2D eigenvalue weighted by Crippen LogP contribution is -2.19. The summed E-state index contributed by atoms with van der Waals surface area (Å²) in [6.45, 7) is 2.07. The minimum Gasteiger partial charge on any atom is -0.490 e. The van der Waals surface area contributed by atoms with Gasteiger partial charge in [-0.15, -0.1) is 0 Å². The SMILES string of the molecule is Cc1ccc(NN=Cc2ccc(OC3CCCCC3)cc2)cc1. The molecular formula is C20H24N2O. The number of nitrogens with zero attached hydrogens (tertiary/aromatic N) is 1. The molecule has 120 valence electrons. The van der Waals surface area contributed by atoms with E-state index in [4.69, 9.17) is 4.74 Å². The van der Waals surface area contributed by atoms with E-state index in [0.29, 0.717) is 6.10 Å². The lowest BCUT2D eigenvalue weighted by Gasteiger charge is -2.22. The molecule has 2 aromatic carbocycles. The molecule has 23 heavy (non-hydrogen) atoms. The first kappa shape index (κ1) is 15.6. The van der Waals surface area contributed by atoms with Gasteiger partial charge in [0.25, 0.3) is 0 Å². The average Bonchev–Trinajstić information content (AvgIpc) is 2.59. The number of aryl methyl sites for hydroxylation is 1. The molecule has 0 aromatic heterocycles. The van der Waals surface area contributed by atoms with Crippen LogP contribution in [-0.4, -0.2) is 12.3 Å². The van der Waals surface area contributed by atoms with Gasteiger partial charge in [-0.3, -0.25) is 5.43 Å². The number of benzene rings is 2. The van der Waals surface area contributed by atoms with Gasteiger partial charge >= 0.3 is 0 Å². The zero-order valence-corrected chi connectivity index (χ0v) is 13.7. The minimum absolute atomic E-state index is 0.395. The smallest absolute Gasteiger partial charge is 0.119 e. The molecule has 0 unspecified atom stereocenters. The van der Waals surface area contributed by atoms with Gasteiger partial charge < -0.3 is 4.74 Å². The van der Waals surface area contributed by atoms with Gasteiger partial charge in [0.2, 0.25) is 0 Å². The molecule has 0 heterocycles. The molecule has 1 aliphatic rings. The van der Waals surface area contributed by atoms with Crippen molar-refractivity contribution in [2.45, 2.75) is 45.1 Å². The molecule has 0 aliphatic heterocycles. The lowest BCUT2D eigenvalue weighted by atomic mass is 9.98. The van der Waals surface area contributed by atoms with Crippen molar-refractivity contribution in [3.8, 4) is 5.75 Å². The van der Waals surface area contributed by atoms with Crippen molar-refractivity contribution < 1.29 is 4.74 Å². The number of nitrogens with one attached hydrogen (secondary N) is 1. The molecule has 3 rings (SSSR count). The number of hydrazone groups is 1. The molecule has 2 aromatic rings. The highest BCUT2D eigenvalue weighted by Gasteiger charge is 2.14. The van der Waals surface area contributed by atoms with Crippen molar-refractivity contribution in [2.75, 3.05) is 5.43 Å². The van der Waals surface area contributed by atoms with Crippen LogP contribution in [0.25, 0.3) is 0 Å². The highest BCUT2D eigenvalue weighted by atomic mass is 16.5. The fourth-order valence-electron chi connectivity index (χ4n) is 2.82. The quantitative estimate of drug-likeness (QED) is 0.612. The normalized spacial score (nSPS) is 15.7. The van der Waals surface area contributed by atoms with Crippen LogP contribution in [0.15, 0.2) is 53.6 Å².